The first-order chi connectivity index (χ1) is 12.2. The van der Waals surface area contributed by atoms with E-state index in [0.29, 0.717) is 17.5 Å². The minimum Gasteiger partial charge on any atom is -0.497 e. The summed E-state index contributed by atoms with van der Waals surface area (Å²) in [6.07, 6.45) is 9.59. The molecule has 132 valence electrons. The molecule has 1 aromatic carbocycles. The molecule has 6 nitrogen and oxygen atoms in total. The number of amides is 1. The van der Waals surface area contributed by atoms with Crippen LogP contribution in [0.4, 0.5) is 5.82 Å². The standard InChI is InChI=1S/C19H23N3O3/c1-24-16-8-9-17(25-2)14(13-16)7-10-19(23)21-18-11-12-20-22(18)15-5-3-4-6-15/h7-13,15H,3-6H2,1-2H3,(H,21,23)/b10-7+. The quantitative estimate of drug-likeness (QED) is 0.814. The summed E-state index contributed by atoms with van der Waals surface area (Å²) < 4.78 is 12.5. The zero-order valence-electron chi connectivity index (χ0n) is 14.6. The Hall–Kier alpha value is -2.76. The summed E-state index contributed by atoms with van der Waals surface area (Å²) >= 11 is 0. The lowest BCUT2D eigenvalue weighted by atomic mass is 10.1. The highest BCUT2D eigenvalue weighted by molar-refractivity contribution is 6.01. The third-order valence-corrected chi connectivity index (χ3v) is 4.44. The number of hydrogen-bond donors (Lipinski definition) is 1. The van der Waals surface area contributed by atoms with Crippen molar-refractivity contribution < 1.29 is 14.3 Å². The monoisotopic (exact) mass is 341 g/mol. The van der Waals surface area contributed by atoms with Crippen LogP contribution in [0.3, 0.4) is 0 Å². The highest BCUT2D eigenvalue weighted by Crippen LogP contribution is 2.31. The number of anilines is 1. The Morgan fingerprint density at radius 3 is 2.76 bits per heavy atom. The first kappa shape index (κ1) is 17.1. The van der Waals surface area contributed by atoms with Gasteiger partial charge in [0.25, 0.3) is 0 Å². The predicted molar refractivity (Wildman–Crippen MR) is 96.9 cm³/mol. The molecule has 1 fully saturated rings. The van der Waals surface area contributed by atoms with E-state index in [4.69, 9.17) is 9.47 Å². The van der Waals surface area contributed by atoms with E-state index in [0.717, 1.165) is 24.2 Å². The van der Waals surface area contributed by atoms with Crippen LogP contribution in [0, 0.1) is 0 Å². The van der Waals surface area contributed by atoms with E-state index in [1.165, 1.54) is 18.9 Å². The van der Waals surface area contributed by atoms with E-state index >= 15 is 0 Å². The molecule has 6 heteroatoms. The molecule has 0 atom stereocenters. The second-order valence-electron chi connectivity index (χ2n) is 6.03. The van der Waals surface area contributed by atoms with Gasteiger partial charge in [-0.25, -0.2) is 4.68 Å². The number of carbonyl (C=O) groups is 1. The maximum atomic E-state index is 12.3. The highest BCUT2D eigenvalue weighted by atomic mass is 16.5. The molecule has 3 rings (SSSR count). The Bertz CT molecular complexity index is 761. The van der Waals surface area contributed by atoms with Crippen molar-refractivity contribution >= 4 is 17.8 Å². The van der Waals surface area contributed by atoms with Gasteiger partial charge in [-0.2, -0.15) is 5.10 Å². The number of carbonyl (C=O) groups excluding carboxylic acids is 1. The molecule has 25 heavy (non-hydrogen) atoms. The van der Waals surface area contributed by atoms with Gasteiger partial charge in [-0.15, -0.1) is 0 Å². The normalized spacial score (nSPS) is 14.8. The first-order valence-corrected chi connectivity index (χ1v) is 8.46. The van der Waals surface area contributed by atoms with Crippen LogP contribution in [0.2, 0.25) is 0 Å². The molecule has 1 amide bonds. The Morgan fingerprint density at radius 1 is 1.24 bits per heavy atom. The number of nitrogens with one attached hydrogen (secondary N) is 1. The Balaban J connectivity index is 1.71. The molecule has 1 aliphatic carbocycles. The third-order valence-electron chi connectivity index (χ3n) is 4.44. The smallest absolute Gasteiger partial charge is 0.249 e. The number of ether oxygens (including phenoxy) is 2. The Morgan fingerprint density at radius 2 is 2.04 bits per heavy atom. The fourth-order valence-electron chi connectivity index (χ4n) is 3.16. The van der Waals surface area contributed by atoms with Gasteiger partial charge < -0.3 is 14.8 Å². The summed E-state index contributed by atoms with van der Waals surface area (Å²) in [7, 11) is 3.20. The number of methoxy groups -OCH3 is 2. The molecule has 0 unspecified atom stereocenters. The topological polar surface area (TPSA) is 65.4 Å². The lowest BCUT2D eigenvalue weighted by Gasteiger charge is -2.14. The van der Waals surface area contributed by atoms with Crippen molar-refractivity contribution in [2.75, 3.05) is 19.5 Å². The van der Waals surface area contributed by atoms with Crippen molar-refractivity contribution in [1.29, 1.82) is 0 Å². The summed E-state index contributed by atoms with van der Waals surface area (Å²) in [5.41, 5.74) is 0.779. The molecule has 1 N–H and O–H groups in total. The third kappa shape index (κ3) is 4.02. The summed E-state index contributed by atoms with van der Waals surface area (Å²) in [4.78, 5) is 12.3. The van der Waals surface area contributed by atoms with Crippen LogP contribution in [-0.4, -0.2) is 29.9 Å². The minimum absolute atomic E-state index is 0.204. The summed E-state index contributed by atoms with van der Waals surface area (Å²) in [5.74, 6) is 1.92. The van der Waals surface area contributed by atoms with Crippen molar-refractivity contribution in [3.63, 3.8) is 0 Å². The molecule has 1 aromatic heterocycles. The van der Waals surface area contributed by atoms with Gasteiger partial charge in [-0.05, 0) is 37.1 Å². The summed E-state index contributed by atoms with van der Waals surface area (Å²) in [6.45, 7) is 0. The number of rotatable bonds is 6. The van der Waals surface area contributed by atoms with Crippen LogP contribution >= 0.6 is 0 Å². The molecule has 0 saturated heterocycles. The van der Waals surface area contributed by atoms with Crippen LogP contribution in [0.5, 0.6) is 11.5 Å². The maximum Gasteiger partial charge on any atom is 0.249 e. The average molecular weight is 341 g/mol. The van der Waals surface area contributed by atoms with E-state index in [-0.39, 0.29) is 5.91 Å². The fourth-order valence-corrected chi connectivity index (χ4v) is 3.16. The minimum atomic E-state index is -0.204. The first-order valence-electron chi connectivity index (χ1n) is 8.46. The number of hydrogen-bond acceptors (Lipinski definition) is 4. The van der Waals surface area contributed by atoms with Crippen molar-refractivity contribution in [2.24, 2.45) is 0 Å². The zero-order chi connectivity index (χ0) is 17.6. The molecule has 1 saturated carbocycles. The van der Waals surface area contributed by atoms with Gasteiger partial charge in [0.2, 0.25) is 5.91 Å². The van der Waals surface area contributed by atoms with Gasteiger partial charge in [0.15, 0.2) is 0 Å². The van der Waals surface area contributed by atoms with Crippen LogP contribution in [0.15, 0.2) is 36.5 Å². The summed E-state index contributed by atoms with van der Waals surface area (Å²) in [6, 6.07) is 7.66. The Labute approximate surface area is 147 Å². The number of aromatic nitrogens is 2. The van der Waals surface area contributed by atoms with Crippen LogP contribution in [-0.2, 0) is 4.79 Å². The van der Waals surface area contributed by atoms with Gasteiger partial charge in [0.1, 0.15) is 17.3 Å². The van der Waals surface area contributed by atoms with Crippen molar-refractivity contribution in [3.8, 4) is 11.5 Å². The van der Waals surface area contributed by atoms with E-state index in [1.54, 1.807) is 26.5 Å². The molecule has 0 aliphatic heterocycles. The lowest BCUT2D eigenvalue weighted by Crippen LogP contribution is -2.15. The number of benzene rings is 1. The molecule has 0 bridgehead atoms. The highest BCUT2D eigenvalue weighted by Gasteiger charge is 2.20. The molecule has 1 aliphatic rings. The van der Waals surface area contributed by atoms with Crippen LogP contribution in [0.25, 0.3) is 6.08 Å². The molecule has 0 spiro atoms. The van der Waals surface area contributed by atoms with Gasteiger partial charge in [0, 0.05) is 17.7 Å². The largest absolute Gasteiger partial charge is 0.497 e. The van der Waals surface area contributed by atoms with Gasteiger partial charge in [-0.1, -0.05) is 12.8 Å². The number of nitrogens with zero attached hydrogens (tertiary/aromatic N) is 2. The van der Waals surface area contributed by atoms with E-state index in [1.807, 2.05) is 28.9 Å². The second-order valence-corrected chi connectivity index (χ2v) is 6.03. The van der Waals surface area contributed by atoms with Crippen LogP contribution in [0.1, 0.15) is 37.3 Å². The molecular weight excluding hydrogens is 318 g/mol. The molecule has 2 aromatic rings. The lowest BCUT2D eigenvalue weighted by molar-refractivity contribution is -0.111. The zero-order valence-corrected chi connectivity index (χ0v) is 14.6. The SMILES string of the molecule is COc1ccc(OC)c(/C=C/C(=O)Nc2ccnn2C2CCCC2)c1. The van der Waals surface area contributed by atoms with E-state index in [9.17, 15) is 4.79 Å². The van der Waals surface area contributed by atoms with Crippen molar-refractivity contribution in [1.82, 2.24) is 9.78 Å². The van der Waals surface area contributed by atoms with E-state index < -0.39 is 0 Å². The van der Waals surface area contributed by atoms with Crippen molar-refractivity contribution in [3.05, 3.63) is 42.1 Å². The fraction of sp³-hybridized carbons (Fsp3) is 0.368. The maximum absolute atomic E-state index is 12.3. The van der Waals surface area contributed by atoms with Gasteiger partial charge >= 0.3 is 0 Å². The second kappa shape index (κ2) is 7.88. The van der Waals surface area contributed by atoms with Gasteiger partial charge in [-0.3, -0.25) is 4.79 Å². The van der Waals surface area contributed by atoms with Crippen molar-refractivity contribution in [2.45, 2.75) is 31.7 Å². The van der Waals surface area contributed by atoms with E-state index in [2.05, 4.69) is 10.4 Å². The predicted octanol–water partition coefficient (Wildman–Crippen LogP) is 3.67. The van der Waals surface area contributed by atoms with Crippen LogP contribution < -0.4 is 14.8 Å². The average Bonchev–Trinajstić information content (AvgIpc) is 3.31. The molecule has 1 heterocycles. The summed E-state index contributed by atoms with van der Waals surface area (Å²) in [5, 5.41) is 7.27. The Kier molecular flexibility index (Phi) is 5.38. The molecular formula is C19H23N3O3. The van der Waals surface area contributed by atoms with Gasteiger partial charge in [0.05, 0.1) is 26.5 Å². The molecule has 0 radical (unpaired) electrons.